The summed E-state index contributed by atoms with van der Waals surface area (Å²) in [6.45, 7) is 0.831. The third-order valence-corrected chi connectivity index (χ3v) is 5.75. The topological polar surface area (TPSA) is 49.4 Å². The molecular weight excluding hydrogens is 300 g/mol. The van der Waals surface area contributed by atoms with Crippen molar-refractivity contribution in [2.24, 2.45) is 11.8 Å². The van der Waals surface area contributed by atoms with Gasteiger partial charge in [-0.05, 0) is 63.0 Å². The highest BCUT2D eigenvalue weighted by Crippen LogP contribution is 2.34. The van der Waals surface area contributed by atoms with Crippen molar-refractivity contribution in [3.8, 4) is 0 Å². The van der Waals surface area contributed by atoms with Crippen molar-refractivity contribution in [2.75, 3.05) is 11.4 Å². The summed E-state index contributed by atoms with van der Waals surface area (Å²) in [5.41, 5.74) is 2.39. The summed E-state index contributed by atoms with van der Waals surface area (Å²) in [5.74, 6) is 0.680. The molecule has 3 aliphatic rings. The van der Waals surface area contributed by atoms with Gasteiger partial charge < -0.3 is 10.2 Å². The van der Waals surface area contributed by atoms with Gasteiger partial charge in [0.05, 0.1) is 0 Å². The molecule has 4 heteroatoms. The molecular formula is C20H26N2O2. The van der Waals surface area contributed by atoms with Gasteiger partial charge in [0.1, 0.15) is 0 Å². The fraction of sp³-hybridized carbons (Fsp3) is 0.600. The number of para-hydroxylation sites is 1. The minimum absolute atomic E-state index is 0.0844. The number of hydrogen-bond acceptors (Lipinski definition) is 2. The van der Waals surface area contributed by atoms with E-state index in [1.807, 2.05) is 11.0 Å². The van der Waals surface area contributed by atoms with E-state index in [4.69, 9.17) is 0 Å². The number of nitrogens with zero attached hydrogens (tertiary/aromatic N) is 1. The normalized spacial score (nSPS) is 26.6. The molecule has 1 aliphatic heterocycles. The van der Waals surface area contributed by atoms with Crippen LogP contribution in [0.5, 0.6) is 0 Å². The fourth-order valence-corrected chi connectivity index (χ4v) is 4.13. The molecule has 4 rings (SSSR count). The summed E-state index contributed by atoms with van der Waals surface area (Å²) in [7, 11) is 0. The largest absolute Gasteiger partial charge is 0.353 e. The monoisotopic (exact) mass is 326 g/mol. The third-order valence-electron chi connectivity index (χ3n) is 5.75. The van der Waals surface area contributed by atoms with Crippen LogP contribution in [0.15, 0.2) is 24.3 Å². The Morgan fingerprint density at radius 1 is 0.958 bits per heavy atom. The van der Waals surface area contributed by atoms with Crippen LogP contribution in [-0.2, 0) is 16.0 Å². The van der Waals surface area contributed by atoms with Crippen LogP contribution in [0.4, 0.5) is 5.69 Å². The summed E-state index contributed by atoms with van der Waals surface area (Å²) in [4.78, 5) is 27.2. The first kappa shape index (κ1) is 15.7. The molecule has 128 valence electrons. The van der Waals surface area contributed by atoms with Crippen LogP contribution in [0, 0.1) is 11.8 Å². The first-order valence-electron chi connectivity index (χ1n) is 9.42. The molecule has 0 radical (unpaired) electrons. The lowest BCUT2D eigenvalue weighted by Crippen LogP contribution is -2.42. The SMILES string of the molecule is O=C(NC1CC1)C1CCC(C(=O)N2CCCc3ccccc32)CC1. The van der Waals surface area contributed by atoms with Gasteiger partial charge in [-0.25, -0.2) is 0 Å². The number of hydrogen-bond donors (Lipinski definition) is 1. The van der Waals surface area contributed by atoms with E-state index in [1.54, 1.807) is 0 Å². The second kappa shape index (κ2) is 6.58. The van der Waals surface area contributed by atoms with Crippen LogP contribution in [0.3, 0.4) is 0 Å². The van der Waals surface area contributed by atoms with Crippen molar-refractivity contribution < 1.29 is 9.59 Å². The standard InChI is InChI=1S/C20H26N2O2/c23-19(21-17-11-12-17)15-7-9-16(10-8-15)20(24)22-13-3-5-14-4-1-2-6-18(14)22/h1-2,4,6,15-17H,3,5,7-13H2,(H,21,23). The van der Waals surface area contributed by atoms with E-state index < -0.39 is 0 Å². The Balaban J connectivity index is 1.37. The average Bonchev–Trinajstić information content (AvgIpc) is 3.45. The van der Waals surface area contributed by atoms with Gasteiger partial charge in [0.15, 0.2) is 0 Å². The van der Waals surface area contributed by atoms with Gasteiger partial charge in [0.2, 0.25) is 11.8 Å². The molecule has 0 aromatic heterocycles. The molecule has 2 amide bonds. The van der Waals surface area contributed by atoms with Crippen LogP contribution in [0.1, 0.15) is 50.5 Å². The van der Waals surface area contributed by atoms with Gasteiger partial charge in [0.25, 0.3) is 0 Å². The highest BCUT2D eigenvalue weighted by Gasteiger charge is 2.35. The van der Waals surface area contributed by atoms with Crippen LogP contribution < -0.4 is 10.2 Å². The van der Waals surface area contributed by atoms with Gasteiger partial charge in [-0.1, -0.05) is 18.2 Å². The number of aryl methyl sites for hydroxylation is 1. The molecule has 0 saturated heterocycles. The van der Waals surface area contributed by atoms with Gasteiger partial charge in [0, 0.05) is 30.1 Å². The summed E-state index contributed by atoms with van der Waals surface area (Å²) in [5, 5.41) is 3.11. The number of carbonyl (C=O) groups excluding carboxylic acids is 2. The second-order valence-electron chi connectivity index (χ2n) is 7.55. The minimum Gasteiger partial charge on any atom is -0.353 e. The van der Waals surface area contributed by atoms with E-state index in [0.29, 0.717) is 6.04 Å². The van der Waals surface area contributed by atoms with Gasteiger partial charge >= 0.3 is 0 Å². The maximum atomic E-state index is 13.0. The summed E-state index contributed by atoms with van der Waals surface area (Å²) in [6.07, 6.45) is 7.77. The van der Waals surface area contributed by atoms with Gasteiger partial charge in [-0.3, -0.25) is 9.59 Å². The predicted molar refractivity (Wildman–Crippen MR) is 93.7 cm³/mol. The van der Waals surface area contributed by atoms with Crippen molar-refractivity contribution in [3.05, 3.63) is 29.8 Å². The molecule has 4 nitrogen and oxygen atoms in total. The first-order chi connectivity index (χ1) is 11.7. The Morgan fingerprint density at radius 3 is 2.42 bits per heavy atom. The number of amides is 2. The molecule has 0 bridgehead atoms. The quantitative estimate of drug-likeness (QED) is 0.928. The Bertz CT molecular complexity index is 630. The number of carbonyl (C=O) groups is 2. The highest BCUT2D eigenvalue weighted by atomic mass is 16.2. The second-order valence-corrected chi connectivity index (χ2v) is 7.55. The summed E-state index contributed by atoms with van der Waals surface area (Å²) in [6, 6.07) is 8.70. The molecule has 2 fully saturated rings. The zero-order valence-corrected chi connectivity index (χ0v) is 14.2. The fourth-order valence-electron chi connectivity index (χ4n) is 4.13. The lowest BCUT2D eigenvalue weighted by molar-refractivity contribution is -0.129. The smallest absolute Gasteiger partial charge is 0.230 e. The van der Waals surface area contributed by atoms with E-state index in [2.05, 4.69) is 23.5 Å². The van der Waals surface area contributed by atoms with E-state index in [-0.39, 0.29) is 23.7 Å². The molecule has 2 saturated carbocycles. The van der Waals surface area contributed by atoms with Crippen molar-refractivity contribution in [2.45, 2.75) is 57.4 Å². The average molecular weight is 326 g/mol. The zero-order valence-electron chi connectivity index (χ0n) is 14.2. The van der Waals surface area contributed by atoms with Crippen LogP contribution >= 0.6 is 0 Å². The molecule has 0 atom stereocenters. The number of nitrogens with one attached hydrogen (secondary N) is 1. The molecule has 1 heterocycles. The van der Waals surface area contributed by atoms with Crippen LogP contribution in [0.2, 0.25) is 0 Å². The molecule has 24 heavy (non-hydrogen) atoms. The van der Waals surface area contributed by atoms with Crippen molar-refractivity contribution in [1.82, 2.24) is 5.32 Å². The zero-order chi connectivity index (χ0) is 16.5. The maximum absolute atomic E-state index is 13.0. The van der Waals surface area contributed by atoms with Crippen LogP contribution in [0.25, 0.3) is 0 Å². The first-order valence-corrected chi connectivity index (χ1v) is 9.42. The molecule has 0 unspecified atom stereocenters. The van der Waals surface area contributed by atoms with E-state index in [9.17, 15) is 9.59 Å². The Labute approximate surface area is 143 Å². The molecule has 1 aromatic carbocycles. The summed E-state index contributed by atoms with van der Waals surface area (Å²) >= 11 is 0. The van der Waals surface area contributed by atoms with E-state index in [1.165, 1.54) is 5.56 Å². The number of benzene rings is 1. The third kappa shape index (κ3) is 3.19. The molecule has 0 spiro atoms. The van der Waals surface area contributed by atoms with Crippen molar-refractivity contribution >= 4 is 17.5 Å². The predicted octanol–water partition coefficient (Wildman–Crippen LogP) is 3.05. The summed E-state index contributed by atoms with van der Waals surface area (Å²) < 4.78 is 0. The Hall–Kier alpha value is -1.84. The van der Waals surface area contributed by atoms with Crippen molar-refractivity contribution in [1.29, 1.82) is 0 Å². The lowest BCUT2D eigenvalue weighted by atomic mass is 9.80. The van der Waals surface area contributed by atoms with E-state index >= 15 is 0 Å². The lowest BCUT2D eigenvalue weighted by Gasteiger charge is -2.35. The van der Waals surface area contributed by atoms with Gasteiger partial charge in [-0.15, -0.1) is 0 Å². The number of anilines is 1. The molecule has 2 aliphatic carbocycles. The highest BCUT2D eigenvalue weighted by molar-refractivity contribution is 5.96. The Morgan fingerprint density at radius 2 is 1.67 bits per heavy atom. The van der Waals surface area contributed by atoms with Gasteiger partial charge in [-0.2, -0.15) is 0 Å². The van der Waals surface area contributed by atoms with Crippen molar-refractivity contribution in [3.63, 3.8) is 0 Å². The molecule has 1 N–H and O–H groups in total. The maximum Gasteiger partial charge on any atom is 0.230 e. The Kier molecular flexibility index (Phi) is 4.30. The molecule has 1 aromatic rings. The minimum atomic E-state index is 0.0844. The van der Waals surface area contributed by atoms with Crippen LogP contribution in [-0.4, -0.2) is 24.4 Å². The number of rotatable bonds is 3. The number of fused-ring (bicyclic) bond motifs is 1. The van der Waals surface area contributed by atoms with E-state index in [0.717, 1.165) is 63.6 Å².